The van der Waals surface area contributed by atoms with Gasteiger partial charge in [-0.25, -0.2) is 13.4 Å². The Balaban J connectivity index is 1.83. The van der Waals surface area contributed by atoms with Crippen molar-refractivity contribution < 1.29 is 17.9 Å². The highest BCUT2D eigenvalue weighted by Gasteiger charge is 2.17. The molecule has 0 aliphatic rings. The van der Waals surface area contributed by atoms with Gasteiger partial charge in [-0.3, -0.25) is 9.52 Å². The minimum Gasteiger partial charge on any atom is -0.480 e. The molecule has 2 aromatic carbocycles. The molecule has 1 heterocycles. The molecule has 0 saturated heterocycles. The number of aromatic nitrogens is 1. The number of anilines is 2. The lowest BCUT2D eigenvalue weighted by atomic mass is 10.2. The first kappa shape index (κ1) is 19.4. The predicted octanol–water partition coefficient (Wildman–Crippen LogP) is 3.45. The lowest BCUT2D eigenvalue weighted by Crippen LogP contribution is -2.16. The third-order valence-corrected chi connectivity index (χ3v) is 5.30. The fraction of sp³-hybridized carbons (Fsp3) is 0.100. The second-order valence-electron chi connectivity index (χ2n) is 6.01. The van der Waals surface area contributed by atoms with Crippen molar-refractivity contribution in [2.75, 3.05) is 17.1 Å². The minimum atomic E-state index is -3.83. The number of carbonyl (C=O) groups excluding carboxylic acids is 1. The minimum absolute atomic E-state index is 0.0149. The standard InChI is InChI=1S/C20H19N3O4S/c1-14-8-10-16(11-9-14)23-28(25,26)17-6-3-5-15(13-17)19(24)22-18-7-4-12-21-20(18)27-2/h3-13,23H,1-2H3,(H,22,24). The first-order valence-corrected chi connectivity index (χ1v) is 9.87. The maximum atomic E-state index is 12.6. The van der Waals surface area contributed by atoms with Crippen LogP contribution in [0.15, 0.2) is 71.8 Å². The van der Waals surface area contributed by atoms with E-state index in [1.807, 2.05) is 19.1 Å². The molecule has 7 nitrogen and oxygen atoms in total. The van der Waals surface area contributed by atoms with E-state index in [9.17, 15) is 13.2 Å². The molecule has 0 aliphatic carbocycles. The quantitative estimate of drug-likeness (QED) is 0.664. The zero-order valence-electron chi connectivity index (χ0n) is 15.3. The van der Waals surface area contributed by atoms with Crippen LogP contribution in [0.2, 0.25) is 0 Å². The van der Waals surface area contributed by atoms with E-state index in [-0.39, 0.29) is 16.3 Å². The van der Waals surface area contributed by atoms with Crippen molar-refractivity contribution in [1.29, 1.82) is 0 Å². The summed E-state index contributed by atoms with van der Waals surface area (Å²) in [6.45, 7) is 1.91. The van der Waals surface area contributed by atoms with Gasteiger partial charge >= 0.3 is 0 Å². The van der Waals surface area contributed by atoms with Crippen LogP contribution in [0, 0.1) is 6.92 Å². The van der Waals surface area contributed by atoms with Crippen LogP contribution < -0.4 is 14.8 Å². The second kappa shape index (κ2) is 8.10. The van der Waals surface area contributed by atoms with Crippen molar-refractivity contribution in [3.63, 3.8) is 0 Å². The normalized spacial score (nSPS) is 10.9. The van der Waals surface area contributed by atoms with Gasteiger partial charge in [-0.2, -0.15) is 0 Å². The molecule has 0 unspecified atom stereocenters. The van der Waals surface area contributed by atoms with E-state index in [2.05, 4.69) is 15.0 Å². The molecule has 8 heteroatoms. The van der Waals surface area contributed by atoms with E-state index < -0.39 is 15.9 Å². The molecule has 3 rings (SSSR count). The molecule has 3 aromatic rings. The number of hydrogen-bond donors (Lipinski definition) is 2. The summed E-state index contributed by atoms with van der Waals surface area (Å²) in [6.07, 6.45) is 1.54. The Morgan fingerprint density at radius 1 is 1.04 bits per heavy atom. The molecule has 0 saturated carbocycles. The van der Waals surface area contributed by atoms with Crippen LogP contribution in [0.5, 0.6) is 5.88 Å². The van der Waals surface area contributed by atoms with E-state index >= 15 is 0 Å². The maximum Gasteiger partial charge on any atom is 0.261 e. The Bertz CT molecular complexity index is 1100. The van der Waals surface area contributed by atoms with E-state index in [0.717, 1.165) is 5.56 Å². The second-order valence-corrected chi connectivity index (χ2v) is 7.70. The molecule has 1 aromatic heterocycles. The van der Waals surface area contributed by atoms with Crippen LogP contribution in [-0.4, -0.2) is 26.4 Å². The number of sulfonamides is 1. The van der Waals surface area contributed by atoms with Crippen molar-refractivity contribution in [2.24, 2.45) is 0 Å². The van der Waals surface area contributed by atoms with Gasteiger partial charge in [0, 0.05) is 17.4 Å². The Hall–Kier alpha value is -3.39. The fourth-order valence-corrected chi connectivity index (χ4v) is 3.59. The number of benzene rings is 2. The Kier molecular flexibility index (Phi) is 5.60. The largest absolute Gasteiger partial charge is 0.480 e. The number of methoxy groups -OCH3 is 1. The van der Waals surface area contributed by atoms with Gasteiger partial charge in [0.1, 0.15) is 5.69 Å². The van der Waals surface area contributed by atoms with Crippen molar-refractivity contribution in [3.05, 3.63) is 78.0 Å². The number of hydrogen-bond acceptors (Lipinski definition) is 5. The number of nitrogens with zero attached hydrogens (tertiary/aromatic N) is 1. The molecule has 1 amide bonds. The monoisotopic (exact) mass is 397 g/mol. The summed E-state index contributed by atoms with van der Waals surface area (Å²) in [7, 11) is -2.39. The molecule has 28 heavy (non-hydrogen) atoms. The van der Waals surface area contributed by atoms with Crippen molar-refractivity contribution >= 4 is 27.3 Å². The summed E-state index contributed by atoms with van der Waals surface area (Å²) in [5, 5.41) is 2.67. The molecule has 0 bridgehead atoms. The van der Waals surface area contributed by atoms with Gasteiger partial charge in [-0.1, -0.05) is 23.8 Å². The SMILES string of the molecule is COc1ncccc1NC(=O)c1cccc(S(=O)(=O)Nc2ccc(C)cc2)c1. The van der Waals surface area contributed by atoms with Crippen LogP contribution >= 0.6 is 0 Å². The Morgan fingerprint density at radius 2 is 1.79 bits per heavy atom. The summed E-state index contributed by atoms with van der Waals surface area (Å²) in [5.74, 6) is -0.209. The molecule has 0 radical (unpaired) electrons. The van der Waals surface area contributed by atoms with Gasteiger partial charge in [-0.15, -0.1) is 0 Å². The number of rotatable bonds is 6. The summed E-state index contributed by atoms with van der Waals surface area (Å²) in [6, 6.07) is 16.1. The highest BCUT2D eigenvalue weighted by atomic mass is 32.2. The van der Waals surface area contributed by atoms with E-state index in [1.54, 1.807) is 30.5 Å². The fourth-order valence-electron chi connectivity index (χ4n) is 2.48. The average Bonchev–Trinajstić information content (AvgIpc) is 2.70. The molecule has 144 valence electrons. The number of amides is 1. The Labute approximate surface area is 163 Å². The molecule has 0 spiro atoms. The van der Waals surface area contributed by atoms with Gasteiger partial charge in [0.05, 0.1) is 12.0 Å². The van der Waals surface area contributed by atoms with Crippen LogP contribution in [-0.2, 0) is 10.0 Å². The molecule has 0 aliphatic heterocycles. The zero-order chi connectivity index (χ0) is 20.1. The van der Waals surface area contributed by atoms with Crippen molar-refractivity contribution in [1.82, 2.24) is 4.98 Å². The van der Waals surface area contributed by atoms with E-state index in [4.69, 9.17) is 4.74 Å². The van der Waals surface area contributed by atoms with Crippen LogP contribution in [0.25, 0.3) is 0 Å². The van der Waals surface area contributed by atoms with Crippen LogP contribution in [0.1, 0.15) is 15.9 Å². The third kappa shape index (κ3) is 4.47. The summed E-state index contributed by atoms with van der Waals surface area (Å²) < 4.78 is 32.9. The topological polar surface area (TPSA) is 97.4 Å². The highest BCUT2D eigenvalue weighted by Crippen LogP contribution is 2.22. The van der Waals surface area contributed by atoms with Gasteiger partial charge in [0.2, 0.25) is 5.88 Å². The number of carbonyl (C=O) groups is 1. The molecule has 0 fully saturated rings. The van der Waals surface area contributed by atoms with Gasteiger partial charge in [0.15, 0.2) is 0 Å². The van der Waals surface area contributed by atoms with Gasteiger partial charge in [-0.05, 0) is 49.4 Å². The maximum absolute atomic E-state index is 12.6. The number of nitrogens with one attached hydrogen (secondary N) is 2. The van der Waals surface area contributed by atoms with Gasteiger partial charge in [0.25, 0.3) is 15.9 Å². The smallest absolute Gasteiger partial charge is 0.261 e. The average molecular weight is 397 g/mol. The summed E-state index contributed by atoms with van der Waals surface area (Å²) in [4.78, 5) is 16.5. The molecule has 2 N–H and O–H groups in total. The summed E-state index contributed by atoms with van der Waals surface area (Å²) in [5.41, 5.74) is 2.05. The predicted molar refractivity (Wildman–Crippen MR) is 107 cm³/mol. The van der Waals surface area contributed by atoms with E-state index in [1.165, 1.54) is 31.4 Å². The highest BCUT2D eigenvalue weighted by molar-refractivity contribution is 7.92. The van der Waals surface area contributed by atoms with E-state index in [0.29, 0.717) is 11.4 Å². The molecular weight excluding hydrogens is 378 g/mol. The third-order valence-electron chi connectivity index (χ3n) is 3.92. The molecular formula is C20H19N3O4S. The number of aryl methyl sites for hydroxylation is 1. The Morgan fingerprint density at radius 3 is 2.50 bits per heavy atom. The van der Waals surface area contributed by atoms with Crippen molar-refractivity contribution in [3.8, 4) is 5.88 Å². The van der Waals surface area contributed by atoms with Crippen LogP contribution in [0.3, 0.4) is 0 Å². The van der Waals surface area contributed by atoms with Crippen molar-refractivity contribution in [2.45, 2.75) is 11.8 Å². The number of ether oxygens (including phenoxy) is 1. The zero-order valence-corrected chi connectivity index (χ0v) is 16.2. The molecule has 0 atom stereocenters. The first-order valence-electron chi connectivity index (χ1n) is 8.39. The lowest BCUT2D eigenvalue weighted by Gasteiger charge is -2.11. The first-order chi connectivity index (χ1) is 13.4. The summed E-state index contributed by atoms with van der Waals surface area (Å²) >= 11 is 0. The van der Waals surface area contributed by atoms with Gasteiger partial charge < -0.3 is 10.1 Å². The lowest BCUT2D eigenvalue weighted by molar-refractivity contribution is 0.102. The number of pyridine rings is 1. The van der Waals surface area contributed by atoms with Crippen LogP contribution in [0.4, 0.5) is 11.4 Å².